The first kappa shape index (κ1) is 16.3. The lowest BCUT2D eigenvalue weighted by atomic mass is 10.0. The summed E-state index contributed by atoms with van der Waals surface area (Å²) in [6, 6.07) is 10.6. The molecule has 2 aromatic rings. The minimum atomic E-state index is -0.961. The number of carbonyl (C=O) groups is 2. The molecule has 1 N–H and O–H groups in total. The molecule has 1 fully saturated rings. The average molecular weight is 327 g/mol. The first-order chi connectivity index (χ1) is 11.5. The first-order valence-corrected chi connectivity index (χ1v) is 8.21. The van der Waals surface area contributed by atoms with Gasteiger partial charge < -0.3 is 14.4 Å². The Hall–Kier alpha value is -2.56. The molecule has 2 heterocycles. The van der Waals surface area contributed by atoms with Gasteiger partial charge in [-0.25, -0.2) is 4.79 Å². The molecule has 5 nitrogen and oxygen atoms in total. The molecular formula is C19H21NO4. The quantitative estimate of drug-likeness (QED) is 0.928. The lowest BCUT2D eigenvalue weighted by molar-refractivity contribution is -0.141. The van der Waals surface area contributed by atoms with Crippen LogP contribution in [0.25, 0.3) is 11.3 Å². The maximum atomic E-state index is 12.6. The summed E-state index contributed by atoms with van der Waals surface area (Å²) in [6.07, 6.45) is 1.19. The van der Waals surface area contributed by atoms with Crippen LogP contribution >= 0.6 is 0 Å². The second-order valence-corrected chi connectivity index (χ2v) is 6.44. The molecule has 0 bridgehead atoms. The molecule has 0 spiro atoms. The average Bonchev–Trinajstić information content (AvgIpc) is 3.23. The summed E-state index contributed by atoms with van der Waals surface area (Å²) in [5.41, 5.74) is 2.11. The van der Waals surface area contributed by atoms with E-state index in [0.717, 1.165) is 5.56 Å². The molecule has 0 radical (unpaired) electrons. The normalized spacial score (nSPS) is 17.5. The second-order valence-electron chi connectivity index (χ2n) is 6.44. The molecule has 1 atom stereocenters. The van der Waals surface area contributed by atoms with Crippen LogP contribution in [0, 0.1) is 0 Å². The number of hydrogen-bond acceptors (Lipinski definition) is 3. The van der Waals surface area contributed by atoms with Gasteiger partial charge in [0.25, 0.3) is 5.91 Å². The van der Waals surface area contributed by atoms with Crippen LogP contribution in [0.4, 0.5) is 0 Å². The van der Waals surface area contributed by atoms with E-state index in [1.165, 1.54) is 10.5 Å². The molecule has 0 saturated carbocycles. The first-order valence-electron chi connectivity index (χ1n) is 8.21. The summed E-state index contributed by atoms with van der Waals surface area (Å²) in [4.78, 5) is 25.2. The van der Waals surface area contributed by atoms with Crippen molar-refractivity contribution in [3.8, 4) is 11.3 Å². The van der Waals surface area contributed by atoms with Crippen molar-refractivity contribution in [3.05, 3.63) is 47.7 Å². The van der Waals surface area contributed by atoms with Crippen molar-refractivity contribution in [3.63, 3.8) is 0 Å². The number of nitrogens with zero attached hydrogens (tertiary/aromatic N) is 1. The SMILES string of the molecule is CC(C)c1cccc(-c2ccc(C(=O)N3CCC[C@@H]3C(=O)O)o2)c1. The fourth-order valence-electron chi connectivity index (χ4n) is 3.07. The standard InChI is InChI=1S/C19H21NO4/c1-12(2)13-5-3-6-14(11-13)16-8-9-17(24-16)18(21)20-10-4-7-15(20)19(22)23/h3,5-6,8-9,11-12,15H,4,7,10H2,1-2H3,(H,22,23)/t15-/m1/s1. The number of hydrogen-bond donors (Lipinski definition) is 1. The monoisotopic (exact) mass is 327 g/mol. The van der Waals surface area contributed by atoms with E-state index in [0.29, 0.717) is 31.1 Å². The number of aliphatic carboxylic acids is 1. The maximum absolute atomic E-state index is 12.6. The van der Waals surface area contributed by atoms with Crippen molar-refractivity contribution in [1.29, 1.82) is 0 Å². The summed E-state index contributed by atoms with van der Waals surface area (Å²) in [7, 11) is 0. The minimum Gasteiger partial charge on any atom is -0.480 e. The highest BCUT2D eigenvalue weighted by Crippen LogP contribution is 2.27. The van der Waals surface area contributed by atoms with E-state index in [1.807, 2.05) is 18.2 Å². The number of benzene rings is 1. The highest BCUT2D eigenvalue weighted by Gasteiger charge is 2.35. The Kier molecular flexibility index (Phi) is 4.42. The molecule has 1 aliphatic rings. The molecule has 126 valence electrons. The minimum absolute atomic E-state index is 0.188. The third kappa shape index (κ3) is 3.07. The zero-order valence-corrected chi connectivity index (χ0v) is 13.9. The number of furan rings is 1. The predicted octanol–water partition coefficient (Wildman–Crippen LogP) is 3.76. The number of likely N-dealkylation sites (tertiary alicyclic amines) is 1. The van der Waals surface area contributed by atoms with E-state index in [4.69, 9.17) is 4.42 Å². The molecule has 5 heteroatoms. The van der Waals surface area contributed by atoms with Crippen LogP contribution in [0.5, 0.6) is 0 Å². The van der Waals surface area contributed by atoms with Crippen LogP contribution < -0.4 is 0 Å². The van der Waals surface area contributed by atoms with Crippen molar-refractivity contribution < 1.29 is 19.1 Å². The van der Waals surface area contributed by atoms with E-state index < -0.39 is 12.0 Å². The summed E-state index contributed by atoms with van der Waals surface area (Å²) in [5.74, 6) is -0.106. The third-order valence-electron chi connectivity index (χ3n) is 4.45. The fourth-order valence-corrected chi connectivity index (χ4v) is 3.07. The molecule has 1 aromatic heterocycles. The lowest BCUT2D eigenvalue weighted by Gasteiger charge is -2.19. The molecule has 1 aliphatic heterocycles. The van der Waals surface area contributed by atoms with Gasteiger partial charge in [0.05, 0.1) is 0 Å². The molecule has 0 aliphatic carbocycles. The maximum Gasteiger partial charge on any atom is 0.326 e. The Labute approximate surface area is 140 Å². The summed E-state index contributed by atoms with van der Waals surface area (Å²) in [5, 5.41) is 9.22. The van der Waals surface area contributed by atoms with Gasteiger partial charge in [0, 0.05) is 12.1 Å². The van der Waals surface area contributed by atoms with E-state index in [2.05, 4.69) is 19.9 Å². The van der Waals surface area contributed by atoms with Crippen LogP contribution in [0.15, 0.2) is 40.8 Å². The molecule has 1 aromatic carbocycles. The Morgan fingerprint density at radius 1 is 1.25 bits per heavy atom. The number of carbonyl (C=O) groups excluding carboxylic acids is 1. The number of carboxylic acid groups (broad SMARTS) is 1. The Bertz CT molecular complexity index is 762. The summed E-state index contributed by atoms with van der Waals surface area (Å²) in [6.45, 7) is 4.69. The molecule has 0 unspecified atom stereocenters. The van der Waals surface area contributed by atoms with E-state index >= 15 is 0 Å². The van der Waals surface area contributed by atoms with Crippen molar-refractivity contribution >= 4 is 11.9 Å². The van der Waals surface area contributed by atoms with Gasteiger partial charge in [-0.3, -0.25) is 4.79 Å². The highest BCUT2D eigenvalue weighted by atomic mass is 16.4. The van der Waals surface area contributed by atoms with Crippen molar-refractivity contribution in [2.45, 2.75) is 38.6 Å². The predicted molar refractivity (Wildman–Crippen MR) is 89.9 cm³/mol. The van der Waals surface area contributed by atoms with Gasteiger partial charge in [-0.1, -0.05) is 32.0 Å². The van der Waals surface area contributed by atoms with Crippen LogP contribution in [0.2, 0.25) is 0 Å². The third-order valence-corrected chi connectivity index (χ3v) is 4.45. The topological polar surface area (TPSA) is 70.8 Å². The van der Waals surface area contributed by atoms with E-state index in [-0.39, 0.29) is 11.7 Å². The van der Waals surface area contributed by atoms with Gasteiger partial charge >= 0.3 is 5.97 Å². The van der Waals surface area contributed by atoms with Crippen molar-refractivity contribution in [2.75, 3.05) is 6.54 Å². The van der Waals surface area contributed by atoms with Gasteiger partial charge in [0.2, 0.25) is 0 Å². The van der Waals surface area contributed by atoms with Crippen LogP contribution in [0.3, 0.4) is 0 Å². The number of amides is 1. The Balaban J connectivity index is 1.84. The van der Waals surface area contributed by atoms with Crippen molar-refractivity contribution in [1.82, 2.24) is 4.90 Å². The fraction of sp³-hybridized carbons (Fsp3) is 0.368. The van der Waals surface area contributed by atoms with Crippen LogP contribution in [-0.4, -0.2) is 34.5 Å². The van der Waals surface area contributed by atoms with Crippen LogP contribution in [0.1, 0.15) is 48.7 Å². The lowest BCUT2D eigenvalue weighted by Crippen LogP contribution is -2.40. The zero-order valence-electron chi connectivity index (χ0n) is 13.9. The van der Waals surface area contributed by atoms with Gasteiger partial charge in [0.1, 0.15) is 11.8 Å². The van der Waals surface area contributed by atoms with E-state index in [9.17, 15) is 14.7 Å². The van der Waals surface area contributed by atoms with Crippen LogP contribution in [-0.2, 0) is 4.79 Å². The number of rotatable bonds is 4. The molecule has 24 heavy (non-hydrogen) atoms. The van der Waals surface area contributed by atoms with Crippen molar-refractivity contribution in [2.24, 2.45) is 0 Å². The molecular weight excluding hydrogens is 306 g/mol. The Morgan fingerprint density at radius 3 is 2.75 bits per heavy atom. The molecule has 1 amide bonds. The van der Waals surface area contributed by atoms with Gasteiger partial charge in [-0.05, 0) is 42.5 Å². The van der Waals surface area contributed by atoms with Gasteiger partial charge in [-0.2, -0.15) is 0 Å². The smallest absolute Gasteiger partial charge is 0.326 e. The second kappa shape index (κ2) is 6.51. The highest BCUT2D eigenvalue weighted by molar-refractivity contribution is 5.95. The molecule has 1 saturated heterocycles. The largest absolute Gasteiger partial charge is 0.480 e. The number of carboxylic acids is 1. The zero-order chi connectivity index (χ0) is 17.3. The van der Waals surface area contributed by atoms with Gasteiger partial charge in [0.15, 0.2) is 5.76 Å². The summed E-state index contributed by atoms with van der Waals surface area (Å²) >= 11 is 0. The van der Waals surface area contributed by atoms with Gasteiger partial charge in [-0.15, -0.1) is 0 Å². The summed E-state index contributed by atoms with van der Waals surface area (Å²) < 4.78 is 5.72. The Morgan fingerprint density at radius 2 is 2.04 bits per heavy atom. The molecule has 3 rings (SSSR count). The van der Waals surface area contributed by atoms with E-state index in [1.54, 1.807) is 12.1 Å².